The number of hydrogen-bond acceptors (Lipinski definition) is 5. The number of ether oxygens (including phenoxy) is 1. The molecule has 176 valence electrons. The van der Waals surface area contributed by atoms with Gasteiger partial charge in [0.15, 0.2) is 0 Å². The summed E-state index contributed by atoms with van der Waals surface area (Å²) >= 11 is 0. The summed E-state index contributed by atoms with van der Waals surface area (Å²) in [7, 11) is 0. The molecule has 2 N–H and O–H groups in total. The number of hydrazone groups is 1. The maximum Gasteiger partial charge on any atom is 0.257 e. The average molecular weight is 451 g/mol. The number of rotatable bonds is 11. The number of benzene rings is 2. The minimum Gasteiger partial charge on any atom is -0.379 e. The molecule has 3 rings (SSSR count). The first-order valence-corrected chi connectivity index (χ1v) is 11.7. The number of amides is 2. The number of morpholine rings is 1. The summed E-state index contributed by atoms with van der Waals surface area (Å²) < 4.78 is 5.45. The normalized spacial score (nSPS) is 15.3. The zero-order valence-electron chi connectivity index (χ0n) is 19.3. The van der Waals surface area contributed by atoms with Gasteiger partial charge in [0.25, 0.3) is 11.8 Å². The molecule has 1 atom stereocenters. The van der Waals surface area contributed by atoms with Gasteiger partial charge in [0, 0.05) is 25.2 Å². The summed E-state index contributed by atoms with van der Waals surface area (Å²) in [5.41, 5.74) is 5.59. The molecule has 2 aromatic rings. The van der Waals surface area contributed by atoms with Crippen molar-refractivity contribution in [2.24, 2.45) is 5.10 Å². The molecule has 1 aliphatic heterocycles. The number of aryl methyl sites for hydroxylation is 1. The Morgan fingerprint density at radius 2 is 1.79 bits per heavy atom. The third-order valence-electron chi connectivity index (χ3n) is 5.79. The minimum atomic E-state index is -0.265. The molecule has 1 unspecified atom stereocenters. The molecule has 7 heteroatoms. The Balaban J connectivity index is 1.47. The third-order valence-corrected chi connectivity index (χ3v) is 5.79. The maximum absolute atomic E-state index is 12.9. The molecule has 7 nitrogen and oxygen atoms in total. The molecule has 0 aromatic heterocycles. The molecule has 0 aliphatic carbocycles. The molecule has 0 bridgehead atoms. The first-order chi connectivity index (χ1) is 16.2. The van der Waals surface area contributed by atoms with Crippen LogP contribution in [0.25, 0.3) is 0 Å². The van der Waals surface area contributed by atoms with E-state index in [2.05, 4.69) is 39.8 Å². The highest BCUT2D eigenvalue weighted by molar-refractivity contribution is 5.94. The Hall–Kier alpha value is -3.03. The molecular formula is C26H34N4O3. The fraction of sp³-hybridized carbons (Fsp3) is 0.423. The monoisotopic (exact) mass is 450 g/mol. The Morgan fingerprint density at radius 1 is 1.06 bits per heavy atom. The van der Waals surface area contributed by atoms with Gasteiger partial charge in [-0.15, -0.1) is 0 Å². The van der Waals surface area contributed by atoms with Gasteiger partial charge in [-0.2, -0.15) is 5.10 Å². The van der Waals surface area contributed by atoms with Crippen molar-refractivity contribution >= 4 is 18.0 Å². The standard InChI is InChI=1S/C26H34N4O3/c1-2-21-11-13-22(14-12-21)20-28-29-26(32)24(30-16-18-33-19-17-30)10-6-7-15-27-25(31)23-8-4-3-5-9-23/h3-5,8-9,11-14,20,24H,2,6-7,10,15-19H2,1H3,(H,27,31)(H,29,32)/b28-20+. The lowest BCUT2D eigenvalue weighted by atomic mass is 10.1. The third kappa shape index (κ3) is 8.11. The average Bonchev–Trinajstić information content (AvgIpc) is 2.87. The second kappa shape index (κ2) is 13.5. The Morgan fingerprint density at radius 3 is 2.48 bits per heavy atom. The molecule has 0 radical (unpaired) electrons. The molecular weight excluding hydrogens is 416 g/mol. The number of carbonyl (C=O) groups is 2. The smallest absolute Gasteiger partial charge is 0.257 e. The molecule has 0 spiro atoms. The van der Waals surface area contributed by atoms with Gasteiger partial charge in [-0.05, 0) is 48.9 Å². The second-order valence-electron chi connectivity index (χ2n) is 8.11. The highest BCUT2D eigenvalue weighted by atomic mass is 16.5. The van der Waals surface area contributed by atoms with E-state index in [9.17, 15) is 9.59 Å². The van der Waals surface area contributed by atoms with E-state index >= 15 is 0 Å². The second-order valence-corrected chi connectivity index (χ2v) is 8.11. The van der Waals surface area contributed by atoms with Crippen LogP contribution in [0.3, 0.4) is 0 Å². The highest BCUT2D eigenvalue weighted by Gasteiger charge is 2.26. The fourth-order valence-corrected chi connectivity index (χ4v) is 3.81. The van der Waals surface area contributed by atoms with Crippen LogP contribution in [0, 0.1) is 0 Å². The first-order valence-electron chi connectivity index (χ1n) is 11.7. The fourth-order valence-electron chi connectivity index (χ4n) is 3.81. The van der Waals surface area contributed by atoms with Crippen LogP contribution in [0.1, 0.15) is 47.7 Å². The molecule has 1 aliphatic rings. The van der Waals surface area contributed by atoms with Crippen molar-refractivity contribution in [3.05, 3.63) is 71.3 Å². The Labute approximate surface area is 196 Å². The summed E-state index contributed by atoms with van der Waals surface area (Å²) in [6, 6.07) is 17.0. The summed E-state index contributed by atoms with van der Waals surface area (Å²) in [5, 5.41) is 7.12. The largest absolute Gasteiger partial charge is 0.379 e. The van der Waals surface area contributed by atoms with Crippen LogP contribution in [0.4, 0.5) is 0 Å². The van der Waals surface area contributed by atoms with E-state index in [0.717, 1.165) is 37.9 Å². The van der Waals surface area contributed by atoms with Gasteiger partial charge in [-0.3, -0.25) is 14.5 Å². The molecule has 2 amide bonds. The van der Waals surface area contributed by atoms with Gasteiger partial charge < -0.3 is 10.1 Å². The highest BCUT2D eigenvalue weighted by Crippen LogP contribution is 2.12. The number of hydrogen-bond donors (Lipinski definition) is 2. The molecule has 1 saturated heterocycles. The number of carbonyl (C=O) groups excluding carboxylic acids is 2. The topological polar surface area (TPSA) is 83.0 Å². The summed E-state index contributed by atoms with van der Waals surface area (Å²) in [5.74, 6) is -0.175. The van der Waals surface area contributed by atoms with Gasteiger partial charge in [-0.1, -0.05) is 49.4 Å². The molecule has 0 saturated carbocycles. The lowest BCUT2D eigenvalue weighted by Gasteiger charge is -2.33. The quantitative estimate of drug-likeness (QED) is 0.313. The van der Waals surface area contributed by atoms with E-state index < -0.39 is 0 Å². The Bertz CT molecular complexity index is 894. The predicted molar refractivity (Wildman–Crippen MR) is 130 cm³/mol. The van der Waals surface area contributed by atoms with Crippen LogP contribution < -0.4 is 10.7 Å². The predicted octanol–water partition coefficient (Wildman–Crippen LogP) is 3.00. The lowest BCUT2D eigenvalue weighted by Crippen LogP contribution is -2.50. The van der Waals surface area contributed by atoms with Crippen molar-refractivity contribution < 1.29 is 14.3 Å². The molecule has 1 fully saturated rings. The SMILES string of the molecule is CCc1ccc(/C=N/NC(=O)C(CCCCNC(=O)c2ccccc2)N2CCOCC2)cc1. The van der Waals surface area contributed by atoms with Crippen LogP contribution in [-0.2, 0) is 16.0 Å². The van der Waals surface area contributed by atoms with E-state index in [-0.39, 0.29) is 17.9 Å². The van der Waals surface area contributed by atoms with E-state index in [0.29, 0.717) is 31.7 Å². The summed E-state index contributed by atoms with van der Waals surface area (Å²) in [6.07, 6.45) is 5.00. The van der Waals surface area contributed by atoms with Gasteiger partial charge in [0.05, 0.1) is 25.5 Å². The molecule has 2 aromatic carbocycles. The zero-order chi connectivity index (χ0) is 23.3. The van der Waals surface area contributed by atoms with Crippen LogP contribution in [-0.4, -0.2) is 61.8 Å². The van der Waals surface area contributed by atoms with Crippen LogP contribution in [0.2, 0.25) is 0 Å². The van der Waals surface area contributed by atoms with E-state index in [4.69, 9.17) is 4.74 Å². The number of nitrogens with one attached hydrogen (secondary N) is 2. The van der Waals surface area contributed by atoms with Crippen LogP contribution in [0.15, 0.2) is 59.7 Å². The van der Waals surface area contributed by atoms with Crippen molar-refractivity contribution in [3.63, 3.8) is 0 Å². The number of nitrogens with zero attached hydrogens (tertiary/aromatic N) is 2. The van der Waals surface area contributed by atoms with Crippen LogP contribution >= 0.6 is 0 Å². The van der Waals surface area contributed by atoms with Crippen molar-refractivity contribution in [1.82, 2.24) is 15.6 Å². The zero-order valence-corrected chi connectivity index (χ0v) is 19.3. The van der Waals surface area contributed by atoms with Gasteiger partial charge in [0.1, 0.15) is 0 Å². The van der Waals surface area contributed by atoms with Gasteiger partial charge in [0.2, 0.25) is 0 Å². The first kappa shape index (κ1) is 24.6. The van der Waals surface area contributed by atoms with E-state index in [1.54, 1.807) is 18.3 Å². The van der Waals surface area contributed by atoms with Gasteiger partial charge >= 0.3 is 0 Å². The van der Waals surface area contributed by atoms with E-state index in [1.165, 1.54) is 5.56 Å². The molecule has 1 heterocycles. The van der Waals surface area contributed by atoms with Gasteiger partial charge in [-0.25, -0.2) is 5.43 Å². The summed E-state index contributed by atoms with van der Waals surface area (Å²) in [6.45, 7) is 5.41. The minimum absolute atomic E-state index is 0.0700. The van der Waals surface area contributed by atoms with Crippen molar-refractivity contribution in [1.29, 1.82) is 0 Å². The van der Waals surface area contributed by atoms with Crippen molar-refractivity contribution in [3.8, 4) is 0 Å². The number of unbranched alkanes of at least 4 members (excludes halogenated alkanes) is 1. The maximum atomic E-state index is 12.9. The van der Waals surface area contributed by atoms with Crippen molar-refractivity contribution in [2.45, 2.75) is 38.6 Å². The lowest BCUT2D eigenvalue weighted by molar-refractivity contribution is -0.128. The van der Waals surface area contributed by atoms with Crippen LogP contribution in [0.5, 0.6) is 0 Å². The summed E-state index contributed by atoms with van der Waals surface area (Å²) in [4.78, 5) is 27.2. The molecule has 33 heavy (non-hydrogen) atoms. The van der Waals surface area contributed by atoms with Crippen molar-refractivity contribution in [2.75, 3.05) is 32.8 Å². The Kier molecular flexibility index (Phi) is 10.1. The van der Waals surface area contributed by atoms with E-state index in [1.807, 2.05) is 30.3 Å².